The van der Waals surface area contributed by atoms with Crippen molar-refractivity contribution in [2.45, 2.75) is 92.9 Å². The number of thiophene rings is 2. The summed E-state index contributed by atoms with van der Waals surface area (Å²) in [6.45, 7) is 21.3. The van der Waals surface area contributed by atoms with Crippen LogP contribution in [0.2, 0.25) is 0 Å². The zero-order chi connectivity index (χ0) is 49.5. The van der Waals surface area contributed by atoms with Gasteiger partial charge in [-0.25, -0.2) is 4.85 Å². The van der Waals surface area contributed by atoms with Gasteiger partial charge in [-0.1, -0.05) is 138 Å². The predicted molar refractivity (Wildman–Crippen MR) is 290 cm³/mol. The van der Waals surface area contributed by atoms with Gasteiger partial charge >= 0.3 is 5.97 Å². The van der Waals surface area contributed by atoms with Crippen LogP contribution in [0.5, 0.6) is 0 Å². The Morgan fingerprint density at radius 3 is 1.36 bits per heavy atom. The number of nitrogens with zero attached hydrogens (tertiary/aromatic N) is 4. The summed E-state index contributed by atoms with van der Waals surface area (Å²) in [6.07, 6.45) is 9.49. The van der Waals surface area contributed by atoms with Gasteiger partial charge in [0.15, 0.2) is 0 Å². The van der Waals surface area contributed by atoms with Gasteiger partial charge in [-0.15, -0.1) is 22.7 Å². The molecule has 0 saturated carbocycles. The molecule has 0 aliphatic carbocycles. The molecule has 2 aliphatic heterocycles. The molecule has 2 atom stereocenters. The highest BCUT2D eigenvalue weighted by atomic mass is 32.1. The normalized spacial score (nSPS) is 14.7. The Morgan fingerprint density at radius 1 is 0.600 bits per heavy atom. The quantitative estimate of drug-likeness (QED) is 0.0574. The van der Waals surface area contributed by atoms with E-state index in [1.807, 2.05) is 34.1 Å². The Bertz CT molecular complexity index is 2940. The summed E-state index contributed by atoms with van der Waals surface area (Å²) >= 11 is 3.18. The maximum Gasteiger partial charge on any atom is 0.333 e. The van der Waals surface area contributed by atoms with Gasteiger partial charge in [0.25, 0.3) is 17.5 Å². The van der Waals surface area contributed by atoms with Crippen LogP contribution >= 0.6 is 22.7 Å². The monoisotopic (exact) mass is 966 g/mol. The van der Waals surface area contributed by atoms with Crippen LogP contribution in [0.1, 0.15) is 106 Å². The van der Waals surface area contributed by atoms with Crippen LogP contribution in [0, 0.1) is 32.3 Å². The van der Waals surface area contributed by atoms with Crippen LogP contribution in [-0.2, 0) is 14.4 Å². The molecule has 2 unspecified atom stereocenters. The molecule has 358 valence electrons. The van der Waals surface area contributed by atoms with Gasteiger partial charge in [-0.2, -0.15) is 0 Å². The molecule has 8 rings (SSSR count). The standard InChI is InChI=1S/C60H62N4O4S2/c1-8-12-14-41(10-3)37-62-56(52-34-32-50(69-52)44-22-20-43(21-23-44)36-49(61-7)60(67)68)54-55(59(62)66)57(63(58(54)65)38-42(11-4)15-13-9-2)53-35-33-51(70-53)45-24-30-48(31-25-45)64(46-26-16-39(5)17-27-46)47-28-18-40(6)19-29-47/h16-36,41-42H,8-15,37-38H2,1-6H3,(H,67,68)/b49-36-. The Hall–Kier alpha value is -6.80. The molecule has 8 nitrogen and oxygen atoms in total. The van der Waals surface area contributed by atoms with Gasteiger partial charge in [0.1, 0.15) is 0 Å². The molecule has 70 heavy (non-hydrogen) atoms. The third-order valence-corrected chi connectivity index (χ3v) is 15.9. The first kappa shape index (κ1) is 49.6. The summed E-state index contributed by atoms with van der Waals surface area (Å²) in [7, 11) is 0. The summed E-state index contributed by atoms with van der Waals surface area (Å²) in [5, 5.41) is 9.40. The molecule has 0 saturated heterocycles. The van der Waals surface area contributed by atoms with E-state index in [9.17, 15) is 9.90 Å². The number of hydrogen-bond donors (Lipinski definition) is 1. The van der Waals surface area contributed by atoms with E-state index in [2.05, 4.69) is 136 Å². The van der Waals surface area contributed by atoms with E-state index >= 15 is 9.59 Å². The lowest BCUT2D eigenvalue weighted by molar-refractivity contribution is -0.132. The van der Waals surface area contributed by atoms with E-state index in [0.717, 1.165) is 105 Å². The number of rotatable bonds is 21. The summed E-state index contributed by atoms with van der Waals surface area (Å²) < 4.78 is 0. The molecule has 0 spiro atoms. The number of anilines is 3. The predicted octanol–water partition coefficient (Wildman–Crippen LogP) is 15.8. The van der Waals surface area contributed by atoms with Crippen molar-refractivity contribution in [1.82, 2.24) is 9.80 Å². The van der Waals surface area contributed by atoms with E-state index in [-0.39, 0.29) is 29.3 Å². The van der Waals surface area contributed by atoms with Gasteiger partial charge in [-0.3, -0.25) is 14.4 Å². The molecule has 10 heteroatoms. The van der Waals surface area contributed by atoms with Crippen molar-refractivity contribution in [3.05, 3.63) is 176 Å². The number of unbranched alkanes of at least 4 members (excludes halogenated alkanes) is 2. The average molecular weight is 967 g/mol. The fourth-order valence-corrected chi connectivity index (χ4v) is 11.6. The maximum absolute atomic E-state index is 15.4. The Morgan fingerprint density at radius 2 is 0.986 bits per heavy atom. The lowest BCUT2D eigenvalue weighted by Crippen LogP contribution is -2.34. The van der Waals surface area contributed by atoms with Crippen LogP contribution < -0.4 is 4.90 Å². The molecule has 0 fully saturated rings. The number of amides is 2. The van der Waals surface area contributed by atoms with E-state index in [1.165, 1.54) is 17.2 Å². The summed E-state index contributed by atoms with van der Waals surface area (Å²) in [6, 6.07) is 41.6. The second-order valence-electron chi connectivity index (χ2n) is 18.6. The van der Waals surface area contributed by atoms with Crippen LogP contribution in [0.25, 0.3) is 43.2 Å². The zero-order valence-corrected chi connectivity index (χ0v) is 42.8. The minimum absolute atomic E-state index is 0.112. The summed E-state index contributed by atoms with van der Waals surface area (Å²) in [4.78, 5) is 55.4. The first-order valence-corrected chi connectivity index (χ1v) is 26.4. The Balaban J connectivity index is 1.21. The van der Waals surface area contributed by atoms with Crippen LogP contribution in [0.4, 0.5) is 17.1 Å². The van der Waals surface area contributed by atoms with Gasteiger partial charge < -0.3 is 19.8 Å². The topological polar surface area (TPSA) is 85.5 Å². The first-order chi connectivity index (χ1) is 34.0. The van der Waals surface area contributed by atoms with Crippen LogP contribution in [-0.4, -0.2) is 45.8 Å². The highest BCUT2D eigenvalue weighted by Gasteiger charge is 2.50. The lowest BCUT2D eigenvalue weighted by atomic mass is 9.98. The number of aliphatic carboxylic acids is 1. The highest BCUT2D eigenvalue weighted by Crippen LogP contribution is 2.51. The smallest absolute Gasteiger partial charge is 0.333 e. The lowest BCUT2D eigenvalue weighted by Gasteiger charge is -2.29. The van der Waals surface area contributed by atoms with E-state index in [4.69, 9.17) is 6.57 Å². The summed E-state index contributed by atoms with van der Waals surface area (Å²) in [5.74, 6) is -0.947. The fraction of sp³-hybridized carbons (Fsp3) is 0.300. The van der Waals surface area contributed by atoms with Gasteiger partial charge in [-0.05, 0) is 122 Å². The van der Waals surface area contributed by atoms with Crippen molar-refractivity contribution in [3.63, 3.8) is 0 Å². The molecule has 2 amide bonds. The molecule has 0 bridgehead atoms. The van der Waals surface area contributed by atoms with Crippen molar-refractivity contribution in [3.8, 4) is 20.9 Å². The Labute approximate surface area is 421 Å². The highest BCUT2D eigenvalue weighted by molar-refractivity contribution is 7.17. The van der Waals surface area contributed by atoms with Crippen molar-refractivity contribution in [1.29, 1.82) is 0 Å². The summed E-state index contributed by atoms with van der Waals surface area (Å²) in [5.41, 5.74) is 10.3. The molecule has 2 aliphatic rings. The van der Waals surface area contributed by atoms with Crippen LogP contribution in [0.15, 0.2) is 138 Å². The number of fused-ring (bicyclic) bond motifs is 1. The molecule has 2 aromatic heterocycles. The van der Waals surface area contributed by atoms with E-state index in [1.54, 1.807) is 34.8 Å². The first-order valence-electron chi connectivity index (χ1n) is 24.8. The number of carbonyl (C=O) groups is 3. The van der Waals surface area contributed by atoms with E-state index < -0.39 is 5.97 Å². The van der Waals surface area contributed by atoms with Crippen molar-refractivity contribution < 1.29 is 19.5 Å². The minimum Gasteiger partial charge on any atom is -0.486 e. The number of benzene rings is 4. The molecule has 4 heterocycles. The zero-order valence-electron chi connectivity index (χ0n) is 41.1. The van der Waals surface area contributed by atoms with Gasteiger partial charge in [0, 0.05) is 39.9 Å². The molecule has 1 N–H and O–H groups in total. The second kappa shape index (κ2) is 22.3. The van der Waals surface area contributed by atoms with Crippen molar-refractivity contribution in [2.75, 3.05) is 18.0 Å². The molecule has 4 aromatic carbocycles. The molecular formula is C60H62N4O4S2. The number of hydrogen-bond acceptors (Lipinski definition) is 6. The fourth-order valence-electron chi connectivity index (χ4n) is 9.50. The molecular weight excluding hydrogens is 905 g/mol. The van der Waals surface area contributed by atoms with E-state index in [0.29, 0.717) is 35.5 Å². The Kier molecular flexibility index (Phi) is 15.8. The minimum atomic E-state index is -1.26. The number of carboxylic acids is 1. The van der Waals surface area contributed by atoms with Crippen molar-refractivity contribution >= 4 is 75.0 Å². The van der Waals surface area contributed by atoms with Gasteiger partial charge in [0.2, 0.25) is 0 Å². The van der Waals surface area contributed by atoms with Gasteiger partial charge in [0.05, 0.1) is 38.9 Å². The number of aryl methyl sites for hydroxylation is 2. The maximum atomic E-state index is 15.4. The average Bonchev–Trinajstić information content (AvgIpc) is 4.18. The van der Waals surface area contributed by atoms with Crippen LogP contribution in [0.3, 0.4) is 0 Å². The molecule has 0 radical (unpaired) electrons. The van der Waals surface area contributed by atoms with Crippen molar-refractivity contribution in [2.24, 2.45) is 11.8 Å². The number of carbonyl (C=O) groups excluding carboxylic acids is 2. The molecule has 6 aromatic rings. The third kappa shape index (κ3) is 10.5. The third-order valence-electron chi connectivity index (χ3n) is 13.7. The SMILES string of the molecule is [C-]#[N+]/C(=C\c1ccc(-c2ccc(C3=C4C(=O)N(CC(CC)CCCC)C(c5ccc(-c6ccc(N(c7ccc(C)cc7)c7ccc(C)cc7)cc6)s5)=C4C(=O)N3CC(CC)CCCC)s2)cc1)C(=O)O. The second-order valence-corrected chi connectivity index (χ2v) is 20.7. The number of carboxylic acid groups (broad SMARTS) is 1. The largest absolute Gasteiger partial charge is 0.486 e.